The zero-order valence-electron chi connectivity index (χ0n) is 17.8. The summed E-state index contributed by atoms with van der Waals surface area (Å²) in [6, 6.07) is 11.5. The van der Waals surface area contributed by atoms with Crippen molar-refractivity contribution in [3.63, 3.8) is 0 Å². The SMILES string of the molecule is O=C1CSC(c2ccc(Cl)cc2)c2c(-c3ccc(F)cc3)nn(-c3c(F)c(F)c(F)c(F)c3F)c2N1. The van der Waals surface area contributed by atoms with Gasteiger partial charge in [-0.15, -0.1) is 11.8 Å². The second kappa shape index (κ2) is 9.21. The van der Waals surface area contributed by atoms with Crippen LogP contribution in [0.15, 0.2) is 48.5 Å². The third-order valence-corrected chi connectivity index (χ3v) is 7.03. The average Bonchev–Trinajstić information content (AvgIpc) is 3.11. The minimum atomic E-state index is -2.33. The van der Waals surface area contributed by atoms with Crippen LogP contribution in [0.1, 0.15) is 16.4 Å². The summed E-state index contributed by atoms with van der Waals surface area (Å²) in [5, 5.41) is 6.41. The third-order valence-electron chi connectivity index (χ3n) is 5.51. The zero-order valence-corrected chi connectivity index (χ0v) is 19.3. The molecule has 0 radical (unpaired) electrons. The molecule has 1 unspecified atom stereocenters. The summed E-state index contributed by atoms with van der Waals surface area (Å²) in [6.45, 7) is 0. The fraction of sp³-hybridized carbons (Fsp3) is 0.0833. The van der Waals surface area contributed by atoms with E-state index in [0.29, 0.717) is 15.3 Å². The van der Waals surface area contributed by atoms with Crippen LogP contribution < -0.4 is 5.32 Å². The molecule has 0 saturated heterocycles. The molecule has 1 aliphatic heterocycles. The Balaban J connectivity index is 1.86. The van der Waals surface area contributed by atoms with Crippen LogP contribution in [0.4, 0.5) is 32.2 Å². The van der Waals surface area contributed by atoms with E-state index in [1.165, 1.54) is 12.1 Å². The highest BCUT2D eigenvalue weighted by atomic mass is 35.5. The van der Waals surface area contributed by atoms with Gasteiger partial charge in [-0.25, -0.2) is 31.0 Å². The van der Waals surface area contributed by atoms with Crippen LogP contribution in [0.2, 0.25) is 5.02 Å². The first kappa shape index (κ1) is 24.3. The molecule has 0 saturated carbocycles. The Bertz CT molecular complexity index is 1480. The fourth-order valence-corrected chi connectivity index (χ4v) is 5.13. The maximum absolute atomic E-state index is 14.8. The number of amides is 1. The van der Waals surface area contributed by atoms with E-state index in [1.54, 1.807) is 24.3 Å². The van der Waals surface area contributed by atoms with E-state index in [0.717, 1.165) is 23.9 Å². The van der Waals surface area contributed by atoms with Gasteiger partial charge in [0.1, 0.15) is 17.3 Å². The molecule has 0 spiro atoms. The van der Waals surface area contributed by atoms with Gasteiger partial charge in [-0.3, -0.25) is 4.79 Å². The van der Waals surface area contributed by atoms with Crippen molar-refractivity contribution in [2.24, 2.45) is 0 Å². The van der Waals surface area contributed by atoms with Gasteiger partial charge < -0.3 is 5.32 Å². The van der Waals surface area contributed by atoms with Gasteiger partial charge in [-0.05, 0) is 42.0 Å². The van der Waals surface area contributed by atoms with E-state index in [2.05, 4.69) is 10.4 Å². The van der Waals surface area contributed by atoms with Crippen LogP contribution in [-0.2, 0) is 4.79 Å². The fourth-order valence-electron chi connectivity index (χ4n) is 3.87. The van der Waals surface area contributed by atoms with Gasteiger partial charge in [0, 0.05) is 16.1 Å². The van der Waals surface area contributed by atoms with E-state index >= 15 is 0 Å². The highest BCUT2D eigenvalue weighted by Crippen LogP contribution is 2.47. The summed E-state index contributed by atoms with van der Waals surface area (Å²) in [5.74, 6) is -12.5. The lowest BCUT2D eigenvalue weighted by molar-refractivity contribution is -0.113. The molecule has 1 amide bonds. The molecule has 0 aliphatic carbocycles. The second-order valence-electron chi connectivity index (χ2n) is 7.74. The number of anilines is 1. The van der Waals surface area contributed by atoms with E-state index in [4.69, 9.17) is 11.6 Å². The van der Waals surface area contributed by atoms with E-state index in [1.807, 2.05) is 0 Å². The summed E-state index contributed by atoms with van der Waals surface area (Å²) in [6.07, 6.45) is 0. The van der Waals surface area contributed by atoms with Crippen molar-refractivity contribution in [2.75, 3.05) is 11.1 Å². The summed E-state index contributed by atoms with van der Waals surface area (Å²) in [4.78, 5) is 12.6. The Morgan fingerprint density at radius 2 is 1.44 bits per heavy atom. The van der Waals surface area contributed by atoms with Crippen molar-refractivity contribution >= 4 is 35.1 Å². The van der Waals surface area contributed by atoms with E-state index in [9.17, 15) is 31.1 Å². The maximum atomic E-state index is 14.8. The Labute approximate surface area is 208 Å². The number of carbonyl (C=O) groups excluding carboxylic acids is 1. The van der Waals surface area contributed by atoms with Crippen LogP contribution in [0, 0.1) is 34.9 Å². The number of benzene rings is 3. The van der Waals surface area contributed by atoms with Gasteiger partial charge >= 0.3 is 0 Å². The lowest BCUT2D eigenvalue weighted by atomic mass is 10.00. The number of rotatable bonds is 3. The highest BCUT2D eigenvalue weighted by Gasteiger charge is 2.36. The number of nitrogens with one attached hydrogen (secondary N) is 1. The highest BCUT2D eigenvalue weighted by molar-refractivity contribution is 8.00. The molecule has 1 atom stereocenters. The summed E-state index contributed by atoms with van der Waals surface area (Å²) in [7, 11) is 0. The largest absolute Gasteiger partial charge is 0.310 e. The summed E-state index contributed by atoms with van der Waals surface area (Å²) in [5.41, 5.74) is -0.182. The number of aromatic nitrogens is 2. The van der Waals surface area contributed by atoms with Gasteiger partial charge in [0.25, 0.3) is 0 Å². The van der Waals surface area contributed by atoms with Crippen molar-refractivity contribution in [3.8, 4) is 16.9 Å². The predicted octanol–water partition coefficient (Wildman–Crippen LogP) is 6.80. The van der Waals surface area contributed by atoms with Crippen LogP contribution in [0.3, 0.4) is 0 Å². The number of thioether (sulfide) groups is 1. The normalized spacial score (nSPS) is 15.4. The van der Waals surface area contributed by atoms with Crippen molar-refractivity contribution in [1.29, 1.82) is 0 Å². The monoisotopic (exact) mass is 539 g/mol. The van der Waals surface area contributed by atoms with Gasteiger partial charge in [0.15, 0.2) is 23.3 Å². The lowest BCUT2D eigenvalue weighted by Crippen LogP contribution is -2.18. The molecule has 1 aliphatic rings. The van der Waals surface area contributed by atoms with Gasteiger partial charge in [0.2, 0.25) is 11.7 Å². The van der Waals surface area contributed by atoms with Gasteiger partial charge in [-0.1, -0.05) is 23.7 Å². The zero-order chi connectivity index (χ0) is 25.7. The second-order valence-corrected chi connectivity index (χ2v) is 9.27. The average molecular weight is 540 g/mol. The Kier molecular flexibility index (Phi) is 6.21. The molecule has 1 aromatic heterocycles. The molecule has 12 heteroatoms. The van der Waals surface area contributed by atoms with Gasteiger partial charge in [0.05, 0.1) is 16.7 Å². The third kappa shape index (κ3) is 4.01. The first-order chi connectivity index (χ1) is 17.2. The summed E-state index contributed by atoms with van der Waals surface area (Å²) >= 11 is 7.15. The molecule has 4 aromatic rings. The number of hydrogen-bond acceptors (Lipinski definition) is 3. The van der Waals surface area contributed by atoms with Crippen molar-refractivity contribution in [2.45, 2.75) is 5.25 Å². The first-order valence-electron chi connectivity index (χ1n) is 10.2. The molecule has 3 aromatic carbocycles. The van der Waals surface area contributed by atoms with Crippen LogP contribution in [-0.4, -0.2) is 21.4 Å². The number of carbonyl (C=O) groups is 1. The summed E-state index contributed by atoms with van der Waals surface area (Å²) < 4.78 is 85.6. The van der Waals surface area contributed by atoms with Crippen LogP contribution in [0.25, 0.3) is 16.9 Å². The lowest BCUT2D eigenvalue weighted by Gasteiger charge is -2.16. The minimum Gasteiger partial charge on any atom is -0.310 e. The smallest absolute Gasteiger partial charge is 0.235 e. The van der Waals surface area contributed by atoms with E-state index in [-0.39, 0.29) is 28.4 Å². The number of nitrogens with zero attached hydrogens (tertiary/aromatic N) is 2. The van der Waals surface area contributed by atoms with Crippen molar-refractivity contribution < 1.29 is 31.1 Å². The molecule has 0 bridgehead atoms. The molecule has 4 nitrogen and oxygen atoms in total. The van der Waals surface area contributed by atoms with Crippen molar-refractivity contribution in [3.05, 3.63) is 99.6 Å². The molecule has 2 heterocycles. The minimum absolute atomic E-state index is 0.0450. The van der Waals surface area contributed by atoms with Crippen LogP contribution in [0.5, 0.6) is 0 Å². The first-order valence-corrected chi connectivity index (χ1v) is 11.7. The standard InChI is InChI=1S/C24H12ClF6N3OS/c25-12-5-1-11(2-6-12)23-15-21(10-3-7-13(26)8-4-10)33-34(24(15)32-14(35)9-36-23)22-19(30)17(28)16(27)18(29)20(22)31/h1-8,23H,9H2,(H,32,35). The number of fused-ring (bicyclic) bond motifs is 1. The Morgan fingerprint density at radius 3 is 2.06 bits per heavy atom. The topological polar surface area (TPSA) is 46.9 Å². The van der Waals surface area contributed by atoms with E-state index < -0.39 is 51.7 Å². The molecule has 5 rings (SSSR count). The number of halogens is 7. The number of hydrogen-bond donors (Lipinski definition) is 1. The maximum Gasteiger partial charge on any atom is 0.235 e. The molecule has 184 valence electrons. The molecular formula is C24H12ClF6N3OS. The molecular weight excluding hydrogens is 528 g/mol. The Hall–Kier alpha value is -3.44. The van der Waals surface area contributed by atoms with Crippen LogP contribution >= 0.6 is 23.4 Å². The Morgan fingerprint density at radius 1 is 0.861 bits per heavy atom. The molecule has 36 heavy (non-hydrogen) atoms. The van der Waals surface area contributed by atoms with Crippen molar-refractivity contribution in [1.82, 2.24) is 9.78 Å². The molecule has 0 fully saturated rings. The quantitative estimate of drug-likeness (QED) is 0.177. The predicted molar refractivity (Wildman–Crippen MR) is 123 cm³/mol. The molecule has 1 N–H and O–H groups in total. The van der Waals surface area contributed by atoms with Gasteiger partial charge in [-0.2, -0.15) is 5.10 Å².